The molecule has 0 aliphatic heterocycles. The lowest BCUT2D eigenvalue weighted by Crippen LogP contribution is -2.20. The standard InChI is InChI=1S/C14H20ClN/c1-3-14(9-12(14)10-16-4-2)11-5-7-13(15)8-6-11/h5-8,12,16H,3-4,9-10H2,1-2H3. The Morgan fingerprint density at radius 1 is 1.31 bits per heavy atom. The Hall–Kier alpha value is -0.530. The highest BCUT2D eigenvalue weighted by Gasteiger charge is 2.52. The van der Waals surface area contributed by atoms with Crippen LogP contribution in [0.5, 0.6) is 0 Å². The van der Waals surface area contributed by atoms with Crippen LogP contribution >= 0.6 is 11.6 Å². The molecule has 0 radical (unpaired) electrons. The van der Waals surface area contributed by atoms with Crippen molar-refractivity contribution in [3.05, 3.63) is 34.9 Å². The van der Waals surface area contributed by atoms with Gasteiger partial charge in [0.25, 0.3) is 0 Å². The maximum atomic E-state index is 5.93. The van der Waals surface area contributed by atoms with E-state index in [0.29, 0.717) is 5.41 Å². The second-order valence-electron chi connectivity index (χ2n) is 4.73. The molecule has 1 saturated carbocycles. The smallest absolute Gasteiger partial charge is 0.0406 e. The maximum absolute atomic E-state index is 5.93. The molecule has 1 aromatic rings. The van der Waals surface area contributed by atoms with Crippen molar-refractivity contribution in [1.82, 2.24) is 5.32 Å². The second kappa shape index (κ2) is 4.77. The maximum Gasteiger partial charge on any atom is 0.0406 e. The van der Waals surface area contributed by atoms with Crippen molar-refractivity contribution < 1.29 is 0 Å². The fourth-order valence-corrected chi connectivity index (χ4v) is 2.87. The average molecular weight is 238 g/mol. The number of halogens is 1. The highest BCUT2D eigenvalue weighted by molar-refractivity contribution is 6.30. The van der Waals surface area contributed by atoms with Gasteiger partial charge in [-0.3, -0.25) is 0 Å². The molecular formula is C14H20ClN. The molecule has 0 aromatic heterocycles. The van der Waals surface area contributed by atoms with Crippen LogP contribution in [-0.4, -0.2) is 13.1 Å². The molecular weight excluding hydrogens is 218 g/mol. The Kier molecular flexibility index (Phi) is 3.56. The van der Waals surface area contributed by atoms with Crippen molar-refractivity contribution >= 4 is 11.6 Å². The van der Waals surface area contributed by atoms with Crippen LogP contribution in [-0.2, 0) is 5.41 Å². The van der Waals surface area contributed by atoms with Crippen LogP contribution in [0.2, 0.25) is 5.02 Å². The molecule has 0 spiro atoms. The summed E-state index contributed by atoms with van der Waals surface area (Å²) >= 11 is 5.93. The van der Waals surface area contributed by atoms with Gasteiger partial charge in [0.15, 0.2) is 0 Å². The molecule has 2 atom stereocenters. The lowest BCUT2D eigenvalue weighted by molar-refractivity contribution is 0.547. The third-order valence-corrected chi connectivity index (χ3v) is 4.17. The topological polar surface area (TPSA) is 12.0 Å². The first kappa shape index (κ1) is 11.9. The van der Waals surface area contributed by atoms with E-state index in [9.17, 15) is 0 Å². The van der Waals surface area contributed by atoms with Crippen molar-refractivity contribution in [2.45, 2.75) is 32.1 Å². The van der Waals surface area contributed by atoms with Gasteiger partial charge in [-0.15, -0.1) is 0 Å². The highest BCUT2D eigenvalue weighted by Crippen LogP contribution is 2.56. The first-order valence-electron chi connectivity index (χ1n) is 6.19. The Morgan fingerprint density at radius 3 is 2.56 bits per heavy atom. The van der Waals surface area contributed by atoms with Gasteiger partial charge in [-0.05, 0) is 55.0 Å². The lowest BCUT2D eigenvalue weighted by atomic mass is 9.90. The van der Waals surface area contributed by atoms with Crippen molar-refractivity contribution in [3.8, 4) is 0 Å². The largest absolute Gasteiger partial charge is 0.317 e. The van der Waals surface area contributed by atoms with E-state index in [2.05, 4.69) is 31.3 Å². The molecule has 0 heterocycles. The quantitative estimate of drug-likeness (QED) is 0.825. The van der Waals surface area contributed by atoms with Crippen LogP contribution in [0.3, 0.4) is 0 Å². The van der Waals surface area contributed by atoms with Crippen LogP contribution in [0, 0.1) is 5.92 Å². The predicted octanol–water partition coefficient (Wildman–Crippen LogP) is 3.62. The third-order valence-electron chi connectivity index (χ3n) is 3.92. The molecule has 1 N–H and O–H groups in total. The molecule has 1 aliphatic carbocycles. The van der Waals surface area contributed by atoms with Gasteiger partial charge in [0.1, 0.15) is 0 Å². The first-order valence-corrected chi connectivity index (χ1v) is 6.57. The number of hydrogen-bond acceptors (Lipinski definition) is 1. The van der Waals surface area contributed by atoms with E-state index >= 15 is 0 Å². The van der Waals surface area contributed by atoms with E-state index in [1.807, 2.05) is 12.1 Å². The van der Waals surface area contributed by atoms with Gasteiger partial charge in [-0.1, -0.05) is 37.6 Å². The molecule has 2 rings (SSSR count). The Morgan fingerprint density at radius 2 is 2.00 bits per heavy atom. The predicted molar refractivity (Wildman–Crippen MR) is 70.1 cm³/mol. The molecule has 1 aromatic carbocycles. The second-order valence-corrected chi connectivity index (χ2v) is 5.16. The molecule has 1 nitrogen and oxygen atoms in total. The van der Waals surface area contributed by atoms with Gasteiger partial charge in [0.2, 0.25) is 0 Å². The van der Waals surface area contributed by atoms with Crippen molar-refractivity contribution in [2.24, 2.45) is 5.92 Å². The lowest BCUT2D eigenvalue weighted by Gasteiger charge is -2.16. The van der Waals surface area contributed by atoms with E-state index in [1.165, 1.54) is 18.4 Å². The van der Waals surface area contributed by atoms with Crippen LogP contribution in [0.4, 0.5) is 0 Å². The van der Waals surface area contributed by atoms with Crippen molar-refractivity contribution in [3.63, 3.8) is 0 Å². The summed E-state index contributed by atoms with van der Waals surface area (Å²) in [6.07, 6.45) is 2.54. The van der Waals surface area contributed by atoms with E-state index in [4.69, 9.17) is 11.6 Å². The fourth-order valence-electron chi connectivity index (χ4n) is 2.74. The Bertz CT molecular complexity index is 346. The number of benzene rings is 1. The molecule has 88 valence electrons. The first-order chi connectivity index (χ1) is 7.73. The monoisotopic (exact) mass is 237 g/mol. The van der Waals surface area contributed by atoms with Gasteiger partial charge in [-0.2, -0.15) is 0 Å². The highest BCUT2D eigenvalue weighted by atomic mass is 35.5. The molecule has 16 heavy (non-hydrogen) atoms. The summed E-state index contributed by atoms with van der Waals surface area (Å²) in [6.45, 7) is 6.67. The van der Waals surface area contributed by atoms with Gasteiger partial charge >= 0.3 is 0 Å². The van der Waals surface area contributed by atoms with E-state index in [0.717, 1.165) is 24.0 Å². The molecule has 2 heteroatoms. The third kappa shape index (κ3) is 2.11. The molecule has 0 saturated heterocycles. The van der Waals surface area contributed by atoms with Crippen LogP contribution in [0.1, 0.15) is 32.3 Å². The minimum Gasteiger partial charge on any atom is -0.317 e. The zero-order chi connectivity index (χ0) is 11.6. The summed E-state index contributed by atoms with van der Waals surface area (Å²) in [5.74, 6) is 0.804. The summed E-state index contributed by atoms with van der Waals surface area (Å²) in [4.78, 5) is 0. The summed E-state index contributed by atoms with van der Waals surface area (Å²) in [6, 6.07) is 8.41. The number of rotatable bonds is 5. The zero-order valence-electron chi connectivity index (χ0n) is 10.1. The van der Waals surface area contributed by atoms with E-state index < -0.39 is 0 Å². The van der Waals surface area contributed by atoms with E-state index in [1.54, 1.807) is 0 Å². The average Bonchev–Trinajstić information content (AvgIpc) is 3.02. The summed E-state index contributed by atoms with van der Waals surface area (Å²) < 4.78 is 0. The summed E-state index contributed by atoms with van der Waals surface area (Å²) in [7, 11) is 0. The van der Waals surface area contributed by atoms with Gasteiger partial charge < -0.3 is 5.32 Å². The van der Waals surface area contributed by atoms with Gasteiger partial charge in [-0.25, -0.2) is 0 Å². The molecule has 0 amide bonds. The zero-order valence-corrected chi connectivity index (χ0v) is 10.8. The van der Waals surface area contributed by atoms with Crippen LogP contribution in [0.25, 0.3) is 0 Å². The minimum absolute atomic E-state index is 0.423. The normalized spacial score (nSPS) is 28.1. The molecule has 1 fully saturated rings. The van der Waals surface area contributed by atoms with Gasteiger partial charge in [0, 0.05) is 5.02 Å². The van der Waals surface area contributed by atoms with Crippen LogP contribution in [0.15, 0.2) is 24.3 Å². The number of nitrogens with one attached hydrogen (secondary N) is 1. The fraction of sp³-hybridized carbons (Fsp3) is 0.571. The molecule has 1 aliphatic rings. The Balaban J connectivity index is 2.09. The minimum atomic E-state index is 0.423. The Labute approximate surface area is 103 Å². The number of hydrogen-bond donors (Lipinski definition) is 1. The molecule has 2 unspecified atom stereocenters. The van der Waals surface area contributed by atoms with Crippen molar-refractivity contribution in [1.29, 1.82) is 0 Å². The van der Waals surface area contributed by atoms with E-state index in [-0.39, 0.29) is 0 Å². The van der Waals surface area contributed by atoms with Crippen LogP contribution < -0.4 is 5.32 Å². The summed E-state index contributed by atoms with van der Waals surface area (Å²) in [5.41, 5.74) is 1.88. The molecule has 0 bridgehead atoms. The summed E-state index contributed by atoms with van der Waals surface area (Å²) in [5, 5.41) is 4.29. The van der Waals surface area contributed by atoms with Crippen molar-refractivity contribution in [2.75, 3.05) is 13.1 Å². The SMILES string of the molecule is CCNCC1CC1(CC)c1ccc(Cl)cc1. The van der Waals surface area contributed by atoms with Gasteiger partial charge in [0.05, 0.1) is 0 Å².